The molecule has 0 saturated carbocycles. The van der Waals surface area contributed by atoms with Crippen molar-refractivity contribution in [3.8, 4) is 0 Å². The maximum Gasteiger partial charge on any atom is 0.261 e. The van der Waals surface area contributed by atoms with Gasteiger partial charge in [-0.25, -0.2) is 8.42 Å². The van der Waals surface area contributed by atoms with Crippen LogP contribution in [0.5, 0.6) is 0 Å². The van der Waals surface area contributed by atoms with Gasteiger partial charge in [0, 0.05) is 18.5 Å². The van der Waals surface area contributed by atoms with Crippen molar-refractivity contribution in [2.75, 3.05) is 4.72 Å². The number of sulfonamides is 1. The summed E-state index contributed by atoms with van der Waals surface area (Å²) in [5.74, 6) is 0.282. The van der Waals surface area contributed by atoms with E-state index < -0.39 is 10.0 Å². The van der Waals surface area contributed by atoms with Crippen molar-refractivity contribution in [3.63, 3.8) is 0 Å². The fraction of sp³-hybridized carbons (Fsp3) is 0.208. The predicted octanol–water partition coefficient (Wildman–Crippen LogP) is 5.18. The van der Waals surface area contributed by atoms with Crippen LogP contribution in [0, 0.1) is 0 Å². The van der Waals surface area contributed by atoms with E-state index in [-0.39, 0.29) is 16.6 Å². The third-order valence-electron chi connectivity index (χ3n) is 4.88. The number of hydrogen-bond acceptors (Lipinski definition) is 3. The Morgan fingerprint density at radius 2 is 1.45 bits per heavy atom. The molecule has 0 aliphatic heterocycles. The molecule has 3 aromatic rings. The fourth-order valence-corrected chi connectivity index (χ4v) is 4.34. The number of nitrogens with one attached hydrogen (secondary N) is 1. The molecule has 0 radical (unpaired) electrons. The summed E-state index contributed by atoms with van der Waals surface area (Å²) in [5.41, 5.74) is 2.70. The maximum atomic E-state index is 12.5. The topological polar surface area (TPSA) is 63.2 Å². The number of Topliss-reactive ketones (excluding diaryl/α,β-unsaturated/α-hetero) is 1. The van der Waals surface area contributed by atoms with Gasteiger partial charge in [-0.3, -0.25) is 9.52 Å². The summed E-state index contributed by atoms with van der Waals surface area (Å²) in [6, 6.07) is 25.7. The number of rotatable bonds is 9. The first-order chi connectivity index (χ1) is 14.0. The van der Waals surface area contributed by atoms with Gasteiger partial charge < -0.3 is 0 Å². The van der Waals surface area contributed by atoms with Crippen LogP contribution in [0.2, 0.25) is 0 Å². The standard InChI is InChI=1S/C24H25NO3S/c1-2-23(26)18-21(17-19-9-5-3-6-10-19)20-13-15-22(16-14-20)25-29(27,28)24-11-7-4-8-12-24/h3-16,21,25H,2,17-18H2,1H3. The van der Waals surface area contributed by atoms with Crippen molar-refractivity contribution in [1.82, 2.24) is 0 Å². The van der Waals surface area contributed by atoms with Gasteiger partial charge in [0.2, 0.25) is 0 Å². The molecule has 0 bridgehead atoms. The van der Waals surface area contributed by atoms with Crippen molar-refractivity contribution >= 4 is 21.5 Å². The van der Waals surface area contributed by atoms with Crippen LogP contribution in [0.1, 0.15) is 36.8 Å². The lowest BCUT2D eigenvalue weighted by atomic mass is 9.87. The third kappa shape index (κ3) is 5.78. The first-order valence-electron chi connectivity index (χ1n) is 9.71. The summed E-state index contributed by atoms with van der Waals surface area (Å²) >= 11 is 0. The molecule has 1 unspecified atom stereocenters. The van der Waals surface area contributed by atoms with Crippen molar-refractivity contribution < 1.29 is 13.2 Å². The Balaban J connectivity index is 1.78. The zero-order valence-corrected chi connectivity index (χ0v) is 17.2. The molecule has 4 nitrogen and oxygen atoms in total. The largest absolute Gasteiger partial charge is 0.300 e. The lowest BCUT2D eigenvalue weighted by molar-refractivity contribution is -0.119. The normalized spacial score (nSPS) is 12.3. The van der Waals surface area contributed by atoms with Gasteiger partial charge in [-0.2, -0.15) is 0 Å². The summed E-state index contributed by atoms with van der Waals surface area (Å²) in [6.07, 6.45) is 1.75. The van der Waals surface area contributed by atoms with Gasteiger partial charge in [0.1, 0.15) is 5.78 Å². The Bertz CT molecular complexity index is 1030. The minimum Gasteiger partial charge on any atom is -0.300 e. The highest BCUT2D eigenvalue weighted by atomic mass is 32.2. The number of anilines is 1. The fourth-order valence-electron chi connectivity index (χ4n) is 3.26. The maximum absolute atomic E-state index is 12.5. The van der Waals surface area contributed by atoms with E-state index in [4.69, 9.17) is 0 Å². The lowest BCUT2D eigenvalue weighted by Crippen LogP contribution is -2.13. The van der Waals surface area contributed by atoms with E-state index in [1.165, 1.54) is 5.56 Å². The lowest BCUT2D eigenvalue weighted by Gasteiger charge is -2.18. The molecule has 29 heavy (non-hydrogen) atoms. The number of benzene rings is 3. The molecule has 0 heterocycles. The Morgan fingerprint density at radius 1 is 0.862 bits per heavy atom. The van der Waals surface area contributed by atoms with Crippen molar-refractivity contribution in [2.45, 2.75) is 37.0 Å². The van der Waals surface area contributed by atoms with Crippen LogP contribution in [0.4, 0.5) is 5.69 Å². The van der Waals surface area contributed by atoms with E-state index in [2.05, 4.69) is 16.9 Å². The quantitative estimate of drug-likeness (QED) is 0.531. The Hall–Kier alpha value is -2.92. The van der Waals surface area contributed by atoms with Gasteiger partial charge in [0.05, 0.1) is 4.90 Å². The molecule has 150 valence electrons. The second-order valence-electron chi connectivity index (χ2n) is 7.02. The van der Waals surface area contributed by atoms with Crippen LogP contribution in [0.15, 0.2) is 89.8 Å². The molecule has 0 aliphatic rings. The van der Waals surface area contributed by atoms with E-state index >= 15 is 0 Å². The molecular weight excluding hydrogens is 382 g/mol. The monoisotopic (exact) mass is 407 g/mol. The van der Waals surface area contributed by atoms with E-state index in [0.29, 0.717) is 18.5 Å². The SMILES string of the molecule is CCC(=O)CC(Cc1ccccc1)c1ccc(NS(=O)(=O)c2ccccc2)cc1. The predicted molar refractivity (Wildman–Crippen MR) is 116 cm³/mol. The van der Waals surface area contributed by atoms with Crippen LogP contribution in [-0.4, -0.2) is 14.2 Å². The molecule has 0 aliphatic carbocycles. The zero-order chi connectivity index (χ0) is 20.7. The highest BCUT2D eigenvalue weighted by Gasteiger charge is 2.17. The summed E-state index contributed by atoms with van der Waals surface area (Å²) in [6.45, 7) is 1.88. The number of hydrogen-bond donors (Lipinski definition) is 1. The first-order valence-corrected chi connectivity index (χ1v) is 11.2. The van der Waals surface area contributed by atoms with Gasteiger partial charge in [-0.05, 0) is 47.7 Å². The van der Waals surface area contributed by atoms with Gasteiger partial charge in [-0.15, -0.1) is 0 Å². The average Bonchev–Trinajstić information content (AvgIpc) is 2.75. The summed E-state index contributed by atoms with van der Waals surface area (Å²) in [5, 5.41) is 0. The zero-order valence-electron chi connectivity index (χ0n) is 16.4. The second kappa shape index (κ2) is 9.52. The van der Waals surface area contributed by atoms with Crippen molar-refractivity contribution in [1.29, 1.82) is 0 Å². The minimum atomic E-state index is -3.62. The Labute approximate surface area is 172 Å². The Kier molecular flexibility index (Phi) is 6.83. The smallest absolute Gasteiger partial charge is 0.261 e. The number of ketones is 1. The van der Waals surface area contributed by atoms with E-state index in [1.807, 2.05) is 37.3 Å². The molecule has 3 rings (SSSR count). The van der Waals surface area contributed by atoms with E-state index in [0.717, 1.165) is 12.0 Å². The molecule has 1 N–H and O–H groups in total. The third-order valence-corrected chi connectivity index (χ3v) is 6.28. The summed E-state index contributed by atoms with van der Waals surface area (Å²) in [4.78, 5) is 12.3. The molecular formula is C24H25NO3S. The van der Waals surface area contributed by atoms with Crippen LogP contribution in [0.3, 0.4) is 0 Å². The molecule has 0 saturated heterocycles. The summed E-state index contributed by atoms with van der Waals surface area (Å²) in [7, 11) is -3.62. The van der Waals surface area contributed by atoms with Crippen molar-refractivity contribution in [3.05, 3.63) is 96.1 Å². The highest BCUT2D eigenvalue weighted by molar-refractivity contribution is 7.92. The van der Waals surface area contributed by atoms with Crippen LogP contribution in [-0.2, 0) is 21.2 Å². The molecule has 0 fully saturated rings. The average molecular weight is 408 g/mol. The van der Waals surface area contributed by atoms with E-state index in [9.17, 15) is 13.2 Å². The van der Waals surface area contributed by atoms with Gasteiger partial charge in [0.25, 0.3) is 10.0 Å². The first kappa shape index (κ1) is 20.8. The van der Waals surface area contributed by atoms with Gasteiger partial charge in [-0.1, -0.05) is 67.6 Å². The molecule has 0 aromatic heterocycles. The molecule has 3 aromatic carbocycles. The van der Waals surface area contributed by atoms with Crippen LogP contribution >= 0.6 is 0 Å². The number of carbonyl (C=O) groups is 1. The molecule has 0 amide bonds. The molecule has 0 spiro atoms. The van der Waals surface area contributed by atoms with Gasteiger partial charge >= 0.3 is 0 Å². The van der Waals surface area contributed by atoms with Gasteiger partial charge in [0.15, 0.2) is 0 Å². The number of carbonyl (C=O) groups excluding carboxylic acids is 1. The van der Waals surface area contributed by atoms with Crippen LogP contribution in [0.25, 0.3) is 0 Å². The molecule has 5 heteroatoms. The second-order valence-corrected chi connectivity index (χ2v) is 8.71. The minimum absolute atomic E-state index is 0.0598. The van der Waals surface area contributed by atoms with Crippen molar-refractivity contribution in [2.24, 2.45) is 0 Å². The Morgan fingerprint density at radius 3 is 2.03 bits per heavy atom. The highest BCUT2D eigenvalue weighted by Crippen LogP contribution is 2.27. The molecule has 1 atom stereocenters. The summed E-state index contributed by atoms with van der Waals surface area (Å²) < 4.78 is 27.6. The van der Waals surface area contributed by atoms with Crippen LogP contribution < -0.4 is 4.72 Å². The van der Waals surface area contributed by atoms with E-state index in [1.54, 1.807) is 42.5 Å².